The molecule has 3 heteroatoms. The molecule has 0 amide bonds. The standard InChI is InChI=1S/C16H23ClN2/c1-16(2,3)7-8-18-9-11-19-10-6-13-12-14(17)4-5-15(13)19/h4-6,10,12,18H,7-9,11H2,1-3H3. The second kappa shape index (κ2) is 5.98. The summed E-state index contributed by atoms with van der Waals surface area (Å²) in [5.41, 5.74) is 1.66. The van der Waals surface area contributed by atoms with E-state index in [1.807, 2.05) is 12.1 Å². The van der Waals surface area contributed by atoms with Crippen LogP contribution in [0.25, 0.3) is 10.9 Å². The maximum Gasteiger partial charge on any atom is 0.0481 e. The van der Waals surface area contributed by atoms with E-state index in [1.54, 1.807) is 0 Å². The van der Waals surface area contributed by atoms with E-state index in [0.717, 1.165) is 24.7 Å². The Bertz CT molecular complexity index is 537. The lowest BCUT2D eigenvalue weighted by Gasteiger charge is -2.18. The van der Waals surface area contributed by atoms with Crippen LogP contribution in [-0.4, -0.2) is 17.7 Å². The average Bonchev–Trinajstić information content (AvgIpc) is 2.69. The lowest BCUT2D eigenvalue weighted by Crippen LogP contribution is -2.24. The van der Waals surface area contributed by atoms with Gasteiger partial charge in [-0.05, 0) is 42.6 Å². The van der Waals surface area contributed by atoms with Crippen LogP contribution in [0.1, 0.15) is 27.2 Å². The molecule has 0 spiro atoms. The van der Waals surface area contributed by atoms with Gasteiger partial charge in [-0.25, -0.2) is 0 Å². The fourth-order valence-electron chi connectivity index (χ4n) is 2.15. The lowest BCUT2D eigenvalue weighted by molar-refractivity contribution is 0.365. The van der Waals surface area contributed by atoms with Crippen molar-refractivity contribution in [1.82, 2.24) is 9.88 Å². The molecule has 1 aromatic carbocycles. The van der Waals surface area contributed by atoms with Crippen LogP contribution in [0.15, 0.2) is 30.5 Å². The monoisotopic (exact) mass is 278 g/mol. The predicted molar refractivity (Wildman–Crippen MR) is 83.9 cm³/mol. The first kappa shape index (κ1) is 14.4. The first-order chi connectivity index (χ1) is 8.96. The van der Waals surface area contributed by atoms with Gasteiger partial charge in [-0.1, -0.05) is 32.4 Å². The molecule has 0 aliphatic rings. The molecule has 2 aromatic rings. The molecule has 0 fully saturated rings. The van der Waals surface area contributed by atoms with Crippen molar-refractivity contribution in [3.05, 3.63) is 35.5 Å². The zero-order chi connectivity index (χ0) is 13.9. The van der Waals surface area contributed by atoms with Crippen molar-refractivity contribution in [1.29, 1.82) is 0 Å². The first-order valence-electron chi connectivity index (χ1n) is 6.91. The minimum atomic E-state index is 0.407. The van der Waals surface area contributed by atoms with Crippen molar-refractivity contribution in [3.8, 4) is 0 Å². The van der Waals surface area contributed by atoms with Gasteiger partial charge in [-0.15, -0.1) is 0 Å². The highest BCUT2D eigenvalue weighted by molar-refractivity contribution is 6.31. The van der Waals surface area contributed by atoms with Crippen molar-refractivity contribution in [2.45, 2.75) is 33.7 Å². The van der Waals surface area contributed by atoms with E-state index < -0.39 is 0 Å². The van der Waals surface area contributed by atoms with Gasteiger partial charge in [0.15, 0.2) is 0 Å². The number of nitrogens with zero attached hydrogens (tertiary/aromatic N) is 1. The Morgan fingerprint density at radius 3 is 2.68 bits per heavy atom. The number of benzene rings is 1. The molecule has 1 aromatic heterocycles. The molecule has 0 unspecified atom stereocenters. The Kier molecular flexibility index (Phi) is 4.54. The van der Waals surface area contributed by atoms with E-state index >= 15 is 0 Å². The smallest absolute Gasteiger partial charge is 0.0481 e. The van der Waals surface area contributed by atoms with Crippen molar-refractivity contribution in [2.75, 3.05) is 13.1 Å². The fraction of sp³-hybridized carbons (Fsp3) is 0.500. The lowest BCUT2D eigenvalue weighted by atomic mass is 9.92. The predicted octanol–water partition coefficient (Wildman–Crippen LogP) is 4.32. The van der Waals surface area contributed by atoms with Gasteiger partial charge >= 0.3 is 0 Å². The number of aromatic nitrogens is 1. The summed E-state index contributed by atoms with van der Waals surface area (Å²) >= 11 is 5.99. The number of nitrogens with one attached hydrogen (secondary N) is 1. The third kappa shape index (κ3) is 4.26. The van der Waals surface area contributed by atoms with Gasteiger partial charge in [-0.3, -0.25) is 0 Å². The minimum absolute atomic E-state index is 0.407. The number of halogens is 1. The van der Waals surface area contributed by atoms with E-state index in [-0.39, 0.29) is 0 Å². The Balaban J connectivity index is 1.85. The van der Waals surface area contributed by atoms with Crippen LogP contribution in [0.2, 0.25) is 5.02 Å². The topological polar surface area (TPSA) is 17.0 Å². The molecule has 19 heavy (non-hydrogen) atoms. The Morgan fingerprint density at radius 2 is 1.95 bits per heavy atom. The van der Waals surface area contributed by atoms with Crippen molar-refractivity contribution >= 4 is 22.5 Å². The molecular formula is C16H23ClN2. The average molecular weight is 279 g/mol. The number of fused-ring (bicyclic) bond motifs is 1. The van der Waals surface area contributed by atoms with Crippen LogP contribution in [0, 0.1) is 5.41 Å². The van der Waals surface area contributed by atoms with E-state index in [0.29, 0.717) is 5.41 Å². The summed E-state index contributed by atoms with van der Waals surface area (Å²) in [7, 11) is 0. The summed E-state index contributed by atoms with van der Waals surface area (Å²) in [6.07, 6.45) is 3.33. The molecule has 104 valence electrons. The number of hydrogen-bond acceptors (Lipinski definition) is 1. The van der Waals surface area contributed by atoms with Crippen molar-refractivity contribution in [2.24, 2.45) is 5.41 Å². The Morgan fingerprint density at radius 1 is 1.16 bits per heavy atom. The normalized spacial score (nSPS) is 12.2. The van der Waals surface area contributed by atoms with Gasteiger partial charge in [0, 0.05) is 35.2 Å². The number of hydrogen-bond donors (Lipinski definition) is 1. The zero-order valence-electron chi connectivity index (χ0n) is 12.0. The molecule has 0 aliphatic heterocycles. The van der Waals surface area contributed by atoms with Crippen LogP contribution >= 0.6 is 11.6 Å². The highest BCUT2D eigenvalue weighted by Crippen LogP contribution is 2.20. The molecule has 0 saturated carbocycles. The minimum Gasteiger partial charge on any atom is -0.346 e. The summed E-state index contributed by atoms with van der Waals surface area (Å²) in [5.74, 6) is 0. The van der Waals surface area contributed by atoms with Gasteiger partial charge in [0.25, 0.3) is 0 Å². The second-order valence-corrected chi connectivity index (χ2v) is 6.71. The molecule has 0 atom stereocenters. The van der Waals surface area contributed by atoms with Crippen LogP contribution in [-0.2, 0) is 6.54 Å². The van der Waals surface area contributed by atoms with Crippen LogP contribution in [0.3, 0.4) is 0 Å². The maximum atomic E-state index is 5.99. The Hall–Kier alpha value is -0.990. The van der Waals surface area contributed by atoms with Crippen molar-refractivity contribution < 1.29 is 0 Å². The van der Waals surface area contributed by atoms with E-state index in [2.05, 4.69) is 49.0 Å². The van der Waals surface area contributed by atoms with Gasteiger partial charge in [0.1, 0.15) is 0 Å². The highest BCUT2D eigenvalue weighted by Gasteiger charge is 2.08. The third-order valence-electron chi connectivity index (χ3n) is 3.31. The molecule has 0 bridgehead atoms. The molecule has 2 nitrogen and oxygen atoms in total. The first-order valence-corrected chi connectivity index (χ1v) is 7.29. The molecule has 1 heterocycles. The molecule has 1 N–H and O–H groups in total. The van der Waals surface area contributed by atoms with E-state index in [1.165, 1.54) is 17.3 Å². The van der Waals surface area contributed by atoms with E-state index in [4.69, 9.17) is 11.6 Å². The van der Waals surface area contributed by atoms with Crippen molar-refractivity contribution in [3.63, 3.8) is 0 Å². The molecule has 0 radical (unpaired) electrons. The zero-order valence-corrected chi connectivity index (χ0v) is 12.8. The molecule has 2 rings (SSSR count). The molecular weight excluding hydrogens is 256 g/mol. The molecule has 0 saturated heterocycles. The maximum absolute atomic E-state index is 5.99. The van der Waals surface area contributed by atoms with Gasteiger partial charge in [-0.2, -0.15) is 0 Å². The van der Waals surface area contributed by atoms with Crippen LogP contribution in [0.5, 0.6) is 0 Å². The third-order valence-corrected chi connectivity index (χ3v) is 3.55. The van der Waals surface area contributed by atoms with Crippen LogP contribution < -0.4 is 5.32 Å². The summed E-state index contributed by atoms with van der Waals surface area (Å²) in [5, 5.41) is 5.52. The summed E-state index contributed by atoms with van der Waals surface area (Å²) in [6.45, 7) is 9.90. The molecule has 0 aliphatic carbocycles. The second-order valence-electron chi connectivity index (χ2n) is 6.27. The SMILES string of the molecule is CC(C)(C)CCNCCn1ccc2cc(Cl)ccc21. The quantitative estimate of drug-likeness (QED) is 0.806. The fourth-order valence-corrected chi connectivity index (χ4v) is 2.33. The highest BCUT2D eigenvalue weighted by atomic mass is 35.5. The van der Waals surface area contributed by atoms with Gasteiger partial charge in [0.2, 0.25) is 0 Å². The van der Waals surface area contributed by atoms with Gasteiger partial charge < -0.3 is 9.88 Å². The van der Waals surface area contributed by atoms with Gasteiger partial charge in [0.05, 0.1) is 0 Å². The number of rotatable bonds is 5. The largest absolute Gasteiger partial charge is 0.346 e. The summed E-state index contributed by atoms with van der Waals surface area (Å²) in [4.78, 5) is 0. The van der Waals surface area contributed by atoms with Crippen LogP contribution in [0.4, 0.5) is 0 Å². The Labute approximate surface area is 120 Å². The summed E-state index contributed by atoms with van der Waals surface area (Å²) in [6, 6.07) is 8.18. The summed E-state index contributed by atoms with van der Waals surface area (Å²) < 4.78 is 2.27. The van der Waals surface area contributed by atoms with E-state index in [9.17, 15) is 0 Å².